The molecule has 96 valence electrons. The second kappa shape index (κ2) is 5.55. The molecule has 0 saturated heterocycles. The molecule has 4 heteroatoms. The molecule has 0 aliphatic rings. The van der Waals surface area contributed by atoms with Crippen LogP contribution in [0.15, 0.2) is 30.6 Å². The molecule has 0 radical (unpaired) electrons. The van der Waals surface area contributed by atoms with E-state index in [1.54, 1.807) is 6.20 Å². The van der Waals surface area contributed by atoms with Gasteiger partial charge in [-0.15, -0.1) is 0 Å². The van der Waals surface area contributed by atoms with Crippen molar-refractivity contribution in [2.24, 2.45) is 5.73 Å². The monoisotopic (exact) mass is 263 g/mol. The summed E-state index contributed by atoms with van der Waals surface area (Å²) in [6.45, 7) is 4.06. The molecule has 0 spiro atoms. The van der Waals surface area contributed by atoms with E-state index in [2.05, 4.69) is 18.0 Å². The first-order valence-electron chi connectivity index (χ1n) is 6.16. The highest BCUT2D eigenvalue weighted by molar-refractivity contribution is 6.31. The lowest BCUT2D eigenvalue weighted by molar-refractivity contribution is 0.644. The molecule has 1 aromatic heterocycles. The van der Waals surface area contributed by atoms with Gasteiger partial charge in [0.1, 0.15) is 5.82 Å². The van der Waals surface area contributed by atoms with Crippen LogP contribution in [0.4, 0.5) is 0 Å². The third-order valence-corrected chi connectivity index (χ3v) is 3.52. The molecule has 1 aromatic carbocycles. The van der Waals surface area contributed by atoms with Gasteiger partial charge in [0, 0.05) is 23.5 Å². The van der Waals surface area contributed by atoms with Crippen LogP contribution in [-0.4, -0.2) is 15.6 Å². The van der Waals surface area contributed by atoms with Gasteiger partial charge in [-0.1, -0.05) is 24.6 Å². The Morgan fingerprint density at radius 1 is 1.44 bits per heavy atom. The zero-order chi connectivity index (χ0) is 13.1. The van der Waals surface area contributed by atoms with E-state index in [0.29, 0.717) is 0 Å². The van der Waals surface area contributed by atoms with E-state index in [1.807, 2.05) is 29.8 Å². The Labute approximate surface area is 113 Å². The van der Waals surface area contributed by atoms with E-state index in [1.165, 1.54) is 0 Å². The predicted octanol–water partition coefficient (Wildman–Crippen LogP) is 3.11. The summed E-state index contributed by atoms with van der Waals surface area (Å²) in [6.07, 6.45) is 5.46. The number of hydrogen-bond acceptors (Lipinski definition) is 2. The van der Waals surface area contributed by atoms with Crippen LogP contribution in [0.25, 0.3) is 5.69 Å². The van der Waals surface area contributed by atoms with E-state index in [9.17, 15) is 0 Å². The standard InChI is InChI=1S/C14H18ClN3/c1-3-11(16)9-12-13(15)5-4-6-14(12)18-8-7-17-10(18)2/h4-8,11H,3,9,16H2,1-2H3. The van der Waals surface area contributed by atoms with Crippen LogP contribution in [-0.2, 0) is 6.42 Å². The number of halogens is 1. The van der Waals surface area contributed by atoms with Gasteiger partial charge in [0.15, 0.2) is 0 Å². The van der Waals surface area contributed by atoms with E-state index < -0.39 is 0 Å². The number of rotatable bonds is 4. The van der Waals surface area contributed by atoms with Gasteiger partial charge in [-0.25, -0.2) is 4.98 Å². The quantitative estimate of drug-likeness (QED) is 0.921. The van der Waals surface area contributed by atoms with Crippen LogP contribution in [0.2, 0.25) is 5.02 Å². The van der Waals surface area contributed by atoms with Gasteiger partial charge in [-0.05, 0) is 37.5 Å². The van der Waals surface area contributed by atoms with Gasteiger partial charge >= 0.3 is 0 Å². The van der Waals surface area contributed by atoms with Crippen molar-refractivity contribution < 1.29 is 0 Å². The number of nitrogens with two attached hydrogens (primary N) is 1. The molecule has 0 amide bonds. The molecule has 0 fully saturated rings. The number of aromatic nitrogens is 2. The number of imidazole rings is 1. The molecule has 2 rings (SSSR count). The summed E-state index contributed by atoms with van der Waals surface area (Å²) in [6, 6.07) is 6.05. The van der Waals surface area contributed by atoms with Gasteiger partial charge in [-0.2, -0.15) is 0 Å². The number of nitrogens with zero attached hydrogens (tertiary/aromatic N) is 2. The molecule has 1 atom stereocenters. The Balaban J connectivity index is 2.48. The van der Waals surface area contributed by atoms with Crippen molar-refractivity contribution in [2.45, 2.75) is 32.7 Å². The predicted molar refractivity (Wildman–Crippen MR) is 75.3 cm³/mol. The maximum absolute atomic E-state index is 6.31. The molecule has 18 heavy (non-hydrogen) atoms. The SMILES string of the molecule is CCC(N)Cc1c(Cl)cccc1-n1ccnc1C. The maximum Gasteiger partial charge on any atom is 0.110 e. The topological polar surface area (TPSA) is 43.8 Å². The van der Waals surface area contributed by atoms with Crippen LogP contribution < -0.4 is 5.73 Å². The first kappa shape index (κ1) is 13.1. The Morgan fingerprint density at radius 2 is 2.22 bits per heavy atom. The summed E-state index contributed by atoms with van der Waals surface area (Å²) in [5.74, 6) is 0.948. The van der Waals surface area contributed by atoms with Gasteiger partial charge in [0.25, 0.3) is 0 Å². The van der Waals surface area contributed by atoms with E-state index in [4.69, 9.17) is 17.3 Å². The molecular formula is C14H18ClN3. The molecule has 2 aromatic rings. The average Bonchev–Trinajstić information content (AvgIpc) is 2.78. The fraction of sp³-hybridized carbons (Fsp3) is 0.357. The third kappa shape index (κ3) is 2.57. The van der Waals surface area contributed by atoms with E-state index in [0.717, 1.165) is 34.9 Å². The lowest BCUT2D eigenvalue weighted by Gasteiger charge is -2.16. The first-order chi connectivity index (χ1) is 8.63. The molecule has 0 aliphatic heterocycles. The molecule has 3 nitrogen and oxygen atoms in total. The zero-order valence-corrected chi connectivity index (χ0v) is 11.5. The summed E-state index contributed by atoms with van der Waals surface area (Å²) in [5.41, 5.74) is 8.21. The fourth-order valence-corrected chi connectivity index (χ4v) is 2.26. The van der Waals surface area contributed by atoms with Gasteiger partial charge in [0.2, 0.25) is 0 Å². The van der Waals surface area contributed by atoms with Crippen molar-refractivity contribution >= 4 is 11.6 Å². The van der Waals surface area contributed by atoms with Crippen LogP contribution in [0.3, 0.4) is 0 Å². The minimum atomic E-state index is 0.132. The average molecular weight is 264 g/mol. The summed E-state index contributed by atoms with van der Waals surface area (Å²) >= 11 is 6.31. The number of aryl methyl sites for hydroxylation is 1. The zero-order valence-electron chi connectivity index (χ0n) is 10.7. The van der Waals surface area contributed by atoms with Crippen LogP contribution >= 0.6 is 11.6 Å². The Kier molecular flexibility index (Phi) is 4.04. The summed E-state index contributed by atoms with van der Waals surface area (Å²) < 4.78 is 2.05. The largest absolute Gasteiger partial charge is 0.327 e. The molecule has 0 bridgehead atoms. The highest BCUT2D eigenvalue weighted by atomic mass is 35.5. The Morgan fingerprint density at radius 3 is 2.83 bits per heavy atom. The van der Waals surface area contributed by atoms with Crippen molar-refractivity contribution in [2.75, 3.05) is 0 Å². The van der Waals surface area contributed by atoms with Crippen LogP contribution in [0.1, 0.15) is 24.7 Å². The second-order valence-corrected chi connectivity index (χ2v) is 4.86. The molecule has 0 saturated carbocycles. The molecule has 2 N–H and O–H groups in total. The minimum Gasteiger partial charge on any atom is -0.327 e. The second-order valence-electron chi connectivity index (χ2n) is 4.45. The Hall–Kier alpha value is -1.32. The maximum atomic E-state index is 6.31. The Bertz CT molecular complexity index is 534. The van der Waals surface area contributed by atoms with Crippen molar-refractivity contribution in [1.29, 1.82) is 0 Å². The molecular weight excluding hydrogens is 246 g/mol. The normalized spacial score (nSPS) is 12.7. The first-order valence-corrected chi connectivity index (χ1v) is 6.54. The van der Waals surface area contributed by atoms with Crippen molar-refractivity contribution in [3.63, 3.8) is 0 Å². The number of hydrogen-bond donors (Lipinski definition) is 1. The highest BCUT2D eigenvalue weighted by Gasteiger charge is 2.13. The van der Waals surface area contributed by atoms with Crippen molar-refractivity contribution in [3.8, 4) is 5.69 Å². The summed E-state index contributed by atoms with van der Waals surface area (Å²) in [5, 5.41) is 0.768. The van der Waals surface area contributed by atoms with Gasteiger partial charge in [0.05, 0.1) is 5.69 Å². The van der Waals surface area contributed by atoms with Crippen molar-refractivity contribution in [3.05, 3.63) is 47.0 Å². The van der Waals surface area contributed by atoms with Gasteiger partial charge < -0.3 is 10.3 Å². The van der Waals surface area contributed by atoms with Crippen molar-refractivity contribution in [1.82, 2.24) is 9.55 Å². The third-order valence-electron chi connectivity index (χ3n) is 3.17. The lowest BCUT2D eigenvalue weighted by Crippen LogP contribution is -2.22. The smallest absolute Gasteiger partial charge is 0.110 e. The summed E-state index contributed by atoms with van der Waals surface area (Å²) in [4.78, 5) is 4.25. The minimum absolute atomic E-state index is 0.132. The summed E-state index contributed by atoms with van der Waals surface area (Å²) in [7, 11) is 0. The molecule has 0 aliphatic carbocycles. The molecule has 1 unspecified atom stereocenters. The van der Waals surface area contributed by atoms with E-state index >= 15 is 0 Å². The highest BCUT2D eigenvalue weighted by Crippen LogP contribution is 2.25. The van der Waals surface area contributed by atoms with Crippen LogP contribution in [0.5, 0.6) is 0 Å². The van der Waals surface area contributed by atoms with Gasteiger partial charge in [-0.3, -0.25) is 0 Å². The van der Waals surface area contributed by atoms with E-state index in [-0.39, 0.29) is 6.04 Å². The van der Waals surface area contributed by atoms with Crippen LogP contribution in [0, 0.1) is 6.92 Å². The molecule has 1 heterocycles. The fourth-order valence-electron chi connectivity index (χ4n) is 2.01. The lowest BCUT2D eigenvalue weighted by atomic mass is 10.0. The number of benzene rings is 1.